The Morgan fingerprint density at radius 2 is 1.43 bits per heavy atom. The monoisotopic (exact) mass is 422 g/mol. The zero-order valence-electron chi connectivity index (χ0n) is 16.0. The molecule has 0 aliphatic rings. The van der Waals surface area contributed by atoms with Gasteiger partial charge in [-0.25, -0.2) is 12.8 Å². The molecule has 0 radical (unpaired) electrons. The van der Waals surface area contributed by atoms with Gasteiger partial charge in [-0.3, -0.25) is 0 Å². The minimum absolute atomic E-state index is 0.0498. The van der Waals surface area contributed by atoms with E-state index >= 15 is 0 Å². The molecule has 152 valence electrons. The van der Waals surface area contributed by atoms with E-state index in [-0.39, 0.29) is 21.7 Å². The Kier molecular flexibility index (Phi) is 5.63. The third-order valence-corrected chi connectivity index (χ3v) is 6.19. The van der Waals surface area contributed by atoms with Crippen LogP contribution in [0.1, 0.15) is 17.0 Å². The number of oxazole rings is 1. The molecule has 0 saturated heterocycles. The highest BCUT2D eigenvalue weighted by atomic mass is 32.2. The van der Waals surface area contributed by atoms with Gasteiger partial charge >= 0.3 is 0 Å². The van der Waals surface area contributed by atoms with Crippen LogP contribution in [0.2, 0.25) is 0 Å². The van der Waals surface area contributed by atoms with E-state index in [0.717, 1.165) is 23.3 Å². The Morgan fingerprint density at radius 3 is 2.07 bits per heavy atom. The Balaban J connectivity index is 1.69. The number of halogens is 1. The molecule has 0 aliphatic heterocycles. The molecule has 0 spiro atoms. The fourth-order valence-corrected chi connectivity index (χ4v) is 4.29. The second-order valence-electron chi connectivity index (χ2n) is 6.70. The quantitative estimate of drug-likeness (QED) is 0.431. The molecule has 0 fully saturated rings. The van der Waals surface area contributed by atoms with E-state index in [9.17, 15) is 12.8 Å². The molecule has 0 unspecified atom stereocenters. The molecule has 3 aromatic carbocycles. The van der Waals surface area contributed by atoms with E-state index in [1.165, 1.54) is 12.1 Å². The lowest BCUT2D eigenvalue weighted by Crippen LogP contribution is -2.07. The van der Waals surface area contributed by atoms with E-state index < -0.39 is 15.7 Å². The van der Waals surface area contributed by atoms with Crippen LogP contribution in [-0.4, -0.2) is 13.4 Å². The normalized spacial score (nSPS) is 11.4. The molecule has 1 heterocycles. The van der Waals surface area contributed by atoms with Crippen LogP contribution in [0.5, 0.6) is 0 Å². The number of hydrogen-bond acceptors (Lipinski definition) is 5. The molecular formula is C23H19FN2O3S. The molecule has 1 aromatic heterocycles. The first-order valence-electron chi connectivity index (χ1n) is 9.34. The molecule has 0 aliphatic carbocycles. The van der Waals surface area contributed by atoms with Crippen LogP contribution >= 0.6 is 0 Å². The minimum Gasteiger partial charge on any atom is -0.423 e. The summed E-state index contributed by atoms with van der Waals surface area (Å²) in [7, 11) is -4.00. The van der Waals surface area contributed by atoms with Crippen molar-refractivity contribution in [2.24, 2.45) is 0 Å². The summed E-state index contributed by atoms with van der Waals surface area (Å²) in [4.78, 5) is 4.23. The van der Waals surface area contributed by atoms with Crippen molar-refractivity contribution in [3.8, 4) is 0 Å². The molecule has 0 saturated carbocycles. The number of hydrogen-bond donors (Lipinski definition) is 1. The summed E-state index contributed by atoms with van der Waals surface area (Å²) in [6.07, 6.45) is 0.347. The van der Waals surface area contributed by atoms with E-state index in [1.807, 2.05) is 60.7 Å². The van der Waals surface area contributed by atoms with Gasteiger partial charge in [0.05, 0.1) is 4.90 Å². The lowest BCUT2D eigenvalue weighted by Gasteiger charge is -2.06. The smallest absolute Gasteiger partial charge is 0.233 e. The molecule has 0 amide bonds. The van der Waals surface area contributed by atoms with Crippen molar-refractivity contribution in [1.82, 2.24) is 4.98 Å². The van der Waals surface area contributed by atoms with Gasteiger partial charge in [0, 0.05) is 13.0 Å². The van der Waals surface area contributed by atoms with Gasteiger partial charge in [-0.2, -0.15) is 4.98 Å². The lowest BCUT2D eigenvalue weighted by molar-refractivity contribution is 0.516. The number of sulfone groups is 1. The van der Waals surface area contributed by atoms with Crippen molar-refractivity contribution in [3.63, 3.8) is 0 Å². The van der Waals surface area contributed by atoms with Crippen LogP contribution in [0.4, 0.5) is 10.3 Å². The topological polar surface area (TPSA) is 72.2 Å². The summed E-state index contributed by atoms with van der Waals surface area (Å²) in [5, 5.41) is 2.83. The first-order valence-corrected chi connectivity index (χ1v) is 10.8. The largest absolute Gasteiger partial charge is 0.423 e. The number of anilines is 1. The standard InChI is InChI=1S/C23H19FN2O3S/c24-19-11-13-20(14-12-19)30(27,28)23-22(25-16-18-9-5-2-6-10-18)29-21(26-23)15-17-7-3-1-4-8-17/h1-14,25H,15-16H2. The summed E-state index contributed by atoms with van der Waals surface area (Å²) < 4.78 is 45.4. The fraction of sp³-hybridized carbons (Fsp3) is 0.0870. The van der Waals surface area contributed by atoms with Crippen LogP contribution in [0.25, 0.3) is 0 Å². The third kappa shape index (κ3) is 4.41. The maximum Gasteiger partial charge on any atom is 0.233 e. The van der Waals surface area contributed by atoms with E-state index in [0.29, 0.717) is 13.0 Å². The molecule has 0 bridgehead atoms. The Morgan fingerprint density at radius 1 is 0.833 bits per heavy atom. The SMILES string of the molecule is O=S(=O)(c1ccc(F)cc1)c1nc(Cc2ccccc2)oc1NCc1ccccc1. The van der Waals surface area contributed by atoms with Crippen LogP contribution in [0.15, 0.2) is 99.3 Å². The highest BCUT2D eigenvalue weighted by molar-refractivity contribution is 7.91. The van der Waals surface area contributed by atoms with Crippen molar-refractivity contribution < 1.29 is 17.2 Å². The van der Waals surface area contributed by atoms with Crippen LogP contribution in [0, 0.1) is 5.82 Å². The average molecular weight is 422 g/mol. The molecular weight excluding hydrogens is 403 g/mol. The first kappa shape index (κ1) is 19.8. The Bertz CT molecular complexity index is 1220. The van der Waals surface area contributed by atoms with Crippen molar-refractivity contribution in [3.05, 3.63) is 108 Å². The van der Waals surface area contributed by atoms with Gasteiger partial charge in [-0.1, -0.05) is 60.7 Å². The summed E-state index contributed by atoms with van der Waals surface area (Å²) in [6, 6.07) is 23.7. The third-order valence-electron chi connectivity index (χ3n) is 4.51. The summed E-state index contributed by atoms with van der Waals surface area (Å²) >= 11 is 0. The van der Waals surface area contributed by atoms with E-state index in [1.54, 1.807) is 0 Å². The van der Waals surface area contributed by atoms with Gasteiger partial charge < -0.3 is 9.73 Å². The zero-order valence-corrected chi connectivity index (χ0v) is 16.8. The van der Waals surface area contributed by atoms with Crippen LogP contribution < -0.4 is 5.32 Å². The summed E-state index contributed by atoms with van der Waals surface area (Å²) in [5.41, 5.74) is 1.91. The van der Waals surface area contributed by atoms with E-state index in [2.05, 4.69) is 10.3 Å². The molecule has 30 heavy (non-hydrogen) atoms. The molecule has 7 heteroatoms. The molecule has 4 rings (SSSR count). The fourth-order valence-electron chi connectivity index (χ4n) is 2.99. The van der Waals surface area contributed by atoms with Crippen molar-refractivity contribution >= 4 is 15.7 Å². The summed E-state index contributed by atoms with van der Waals surface area (Å²) in [5.74, 6) is -0.173. The Hall–Kier alpha value is -3.45. The maximum absolute atomic E-state index is 13.3. The molecule has 4 aromatic rings. The zero-order chi connectivity index (χ0) is 21.0. The highest BCUT2D eigenvalue weighted by Crippen LogP contribution is 2.29. The minimum atomic E-state index is -4.00. The van der Waals surface area contributed by atoms with Gasteiger partial charge in [0.2, 0.25) is 26.6 Å². The van der Waals surface area contributed by atoms with Gasteiger partial charge in [0.15, 0.2) is 0 Å². The molecule has 5 nitrogen and oxygen atoms in total. The predicted molar refractivity (Wildman–Crippen MR) is 111 cm³/mol. The van der Waals surface area contributed by atoms with Gasteiger partial charge in [-0.15, -0.1) is 0 Å². The van der Waals surface area contributed by atoms with Crippen molar-refractivity contribution in [2.75, 3.05) is 5.32 Å². The summed E-state index contributed by atoms with van der Waals surface area (Å²) in [6.45, 7) is 0.368. The second-order valence-corrected chi connectivity index (χ2v) is 8.57. The number of nitrogens with zero attached hydrogens (tertiary/aromatic N) is 1. The molecule has 0 atom stereocenters. The van der Waals surface area contributed by atoms with Gasteiger partial charge in [-0.05, 0) is 35.4 Å². The average Bonchev–Trinajstić information content (AvgIpc) is 3.17. The maximum atomic E-state index is 13.3. The number of nitrogens with one attached hydrogen (secondary N) is 1. The molecule has 1 N–H and O–H groups in total. The number of rotatable bonds is 7. The number of benzene rings is 3. The van der Waals surface area contributed by atoms with Crippen LogP contribution in [-0.2, 0) is 22.8 Å². The van der Waals surface area contributed by atoms with Crippen molar-refractivity contribution in [1.29, 1.82) is 0 Å². The van der Waals surface area contributed by atoms with Crippen molar-refractivity contribution in [2.45, 2.75) is 22.9 Å². The number of aromatic nitrogens is 1. The second kappa shape index (κ2) is 8.51. The van der Waals surface area contributed by atoms with Gasteiger partial charge in [0.25, 0.3) is 0 Å². The van der Waals surface area contributed by atoms with Gasteiger partial charge in [0.1, 0.15) is 5.82 Å². The van der Waals surface area contributed by atoms with E-state index in [4.69, 9.17) is 4.42 Å². The van der Waals surface area contributed by atoms with Crippen LogP contribution in [0.3, 0.4) is 0 Å². The first-order chi connectivity index (χ1) is 14.5. The Labute approximate surface area is 174 Å². The lowest BCUT2D eigenvalue weighted by atomic mass is 10.2. The predicted octanol–water partition coefficient (Wildman–Crippen LogP) is 4.85. The highest BCUT2D eigenvalue weighted by Gasteiger charge is 2.28.